The second-order valence-electron chi connectivity index (χ2n) is 4.98. The summed E-state index contributed by atoms with van der Waals surface area (Å²) in [5.41, 5.74) is 0.972. The van der Waals surface area contributed by atoms with Gasteiger partial charge in [-0.05, 0) is 23.9 Å². The van der Waals surface area contributed by atoms with Crippen LogP contribution in [-0.2, 0) is 0 Å². The maximum atomic E-state index is 10.9. The number of thiophene rings is 1. The van der Waals surface area contributed by atoms with Crippen LogP contribution in [-0.4, -0.2) is 21.9 Å². The summed E-state index contributed by atoms with van der Waals surface area (Å²) in [5.74, 6) is 0.824. The molecule has 0 saturated carbocycles. The molecule has 22 heavy (non-hydrogen) atoms. The molecule has 0 N–H and O–H groups in total. The summed E-state index contributed by atoms with van der Waals surface area (Å²) in [6, 6.07) is 8.65. The first-order valence-electron chi connectivity index (χ1n) is 6.73. The number of hydrogen-bond acceptors (Lipinski definition) is 6. The van der Waals surface area contributed by atoms with Crippen molar-refractivity contribution in [1.29, 1.82) is 0 Å². The second kappa shape index (κ2) is 5.69. The molecule has 112 valence electrons. The predicted octanol–water partition coefficient (Wildman–Crippen LogP) is 3.80. The molecule has 1 atom stereocenters. The molecular formula is C15H14N4O2S. The summed E-state index contributed by atoms with van der Waals surface area (Å²) in [7, 11) is 1.93. The number of nitro groups is 1. The van der Waals surface area contributed by atoms with E-state index < -0.39 is 0 Å². The van der Waals surface area contributed by atoms with E-state index in [1.807, 2.05) is 36.4 Å². The molecule has 0 saturated heterocycles. The van der Waals surface area contributed by atoms with Gasteiger partial charge in [-0.25, -0.2) is 9.97 Å². The molecule has 6 nitrogen and oxygen atoms in total. The smallest absolute Gasteiger partial charge is 0.269 e. The van der Waals surface area contributed by atoms with Crippen molar-refractivity contribution in [3.05, 3.63) is 57.7 Å². The van der Waals surface area contributed by atoms with Crippen LogP contribution < -0.4 is 4.90 Å². The quantitative estimate of drug-likeness (QED) is 0.541. The Balaban J connectivity index is 1.98. The Hall–Kier alpha value is -2.54. The summed E-state index contributed by atoms with van der Waals surface area (Å²) in [6.45, 7) is 2.00. The minimum Gasteiger partial charge on any atom is -0.352 e. The van der Waals surface area contributed by atoms with E-state index in [1.165, 1.54) is 6.07 Å². The van der Waals surface area contributed by atoms with Gasteiger partial charge in [0.2, 0.25) is 0 Å². The van der Waals surface area contributed by atoms with Gasteiger partial charge in [0.25, 0.3) is 5.69 Å². The van der Waals surface area contributed by atoms with Crippen LogP contribution in [0, 0.1) is 10.1 Å². The van der Waals surface area contributed by atoms with E-state index in [-0.39, 0.29) is 16.7 Å². The van der Waals surface area contributed by atoms with Gasteiger partial charge in [-0.1, -0.05) is 12.1 Å². The second-order valence-corrected chi connectivity index (χ2v) is 5.87. The Morgan fingerprint density at radius 2 is 2.14 bits per heavy atom. The molecule has 1 aromatic carbocycles. The summed E-state index contributed by atoms with van der Waals surface area (Å²) < 4.78 is 0. The molecule has 2 aromatic heterocycles. The topological polar surface area (TPSA) is 72.2 Å². The maximum Gasteiger partial charge on any atom is 0.269 e. The molecule has 0 spiro atoms. The normalized spacial score (nSPS) is 12.3. The standard InChI is InChI=1S/C15H14N4O2S/c1-10(11-4-3-5-12(8-11)19(20)21)18(2)14-13-6-7-22-15(13)17-9-16-14/h3-10H,1-2H3/t10-/m0/s1. The van der Waals surface area contributed by atoms with Crippen molar-refractivity contribution >= 4 is 33.1 Å². The van der Waals surface area contributed by atoms with Crippen molar-refractivity contribution in [3.8, 4) is 0 Å². The minimum atomic E-state index is -0.377. The fourth-order valence-electron chi connectivity index (χ4n) is 2.36. The molecule has 0 radical (unpaired) electrons. The molecule has 0 fully saturated rings. The third-order valence-corrected chi connectivity index (χ3v) is 4.54. The van der Waals surface area contributed by atoms with Crippen LogP contribution in [0.4, 0.5) is 11.5 Å². The molecule has 0 aliphatic carbocycles. The van der Waals surface area contributed by atoms with Crippen molar-refractivity contribution in [2.45, 2.75) is 13.0 Å². The van der Waals surface area contributed by atoms with E-state index in [0.717, 1.165) is 21.6 Å². The Kier molecular flexibility index (Phi) is 3.72. The van der Waals surface area contributed by atoms with Gasteiger partial charge in [-0.15, -0.1) is 11.3 Å². The molecule has 3 aromatic rings. The van der Waals surface area contributed by atoms with Crippen molar-refractivity contribution < 1.29 is 4.92 Å². The average Bonchev–Trinajstić information content (AvgIpc) is 3.02. The molecule has 0 aliphatic heterocycles. The van der Waals surface area contributed by atoms with E-state index in [4.69, 9.17) is 0 Å². The van der Waals surface area contributed by atoms with Crippen LogP contribution in [0.25, 0.3) is 10.2 Å². The Labute approximate surface area is 131 Å². The number of nitrogens with zero attached hydrogens (tertiary/aromatic N) is 4. The van der Waals surface area contributed by atoms with Crippen molar-refractivity contribution in [2.75, 3.05) is 11.9 Å². The first kappa shape index (κ1) is 14.4. The molecule has 3 rings (SSSR count). The highest BCUT2D eigenvalue weighted by molar-refractivity contribution is 7.16. The zero-order valence-electron chi connectivity index (χ0n) is 12.1. The first-order chi connectivity index (χ1) is 10.6. The van der Waals surface area contributed by atoms with Crippen LogP contribution in [0.15, 0.2) is 42.0 Å². The van der Waals surface area contributed by atoms with Crippen LogP contribution in [0.2, 0.25) is 0 Å². The molecule has 0 bridgehead atoms. The van der Waals surface area contributed by atoms with Crippen molar-refractivity contribution in [2.24, 2.45) is 0 Å². The van der Waals surface area contributed by atoms with Crippen LogP contribution >= 0.6 is 11.3 Å². The number of non-ortho nitro benzene ring substituents is 1. The number of aromatic nitrogens is 2. The van der Waals surface area contributed by atoms with Gasteiger partial charge in [-0.2, -0.15) is 0 Å². The van der Waals surface area contributed by atoms with E-state index in [1.54, 1.807) is 29.8 Å². The number of hydrogen-bond donors (Lipinski definition) is 0. The summed E-state index contributed by atoms with van der Waals surface area (Å²) >= 11 is 1.57. The lowest BCUT2D eigenvalue weighted by atomic mass is 10.1. The lowest BCUT2D eigenvalue weighted by molar-refractivity contribution is -0.384. The largest absolute Gasteiger partial charge is 0.352 e. The van der Waals surface area contributed by atoms with Gasteiger partial charge >= 0.3 is 0 Å². The fraction of sp³-hybridized carbons (Fsp3) is 0.200. The Morgan fingerprint density at radius 1 is 1.32 bits per heavy atom. The van der Waals surface area contributed by atoms with Crippen LogP contribution in [0.1, 0.15) is 18.5 Å². The van der Waals surface area contributed by atoms with Gasteiger partial charge < -0.3 is 4.90 Å². The Bertz CT molecular complexity index is 833. The van der Waals surface area contributed by atoms with E-state index in [2.05, 4.69) is 9.97 Å². The molecule has 0 aliphatic rings. The van der Waals surface area contributed by atoms with Gasteiger partial charge in [0, 0.05) is 19.2 Å². The van der Waals surface area contributed by atoms with E-state index in [0.29, 0.717) is 0 Å². The summed E-state index contributed by atoms with van der Waals surface area (Å²) in [4.78, 5) is 22.1. The number of benzene rings is 1. The Morgan fingerprint density at radius 3 is 2.91 bits per heavy atom. The highest BCUT2D eigenvalue weighted by Gasteiger charge is 2.18. The van der Waals surface area contributed by atoms with Crippen LogP contribution in [0.5, 0.6) is 0 Å². The number of nitro benzene ring substituents is 1. The number of rotatable bonds is 4. The summed E-state index contributed by atoms with van der Waals surface area (Å²) in [6.07, 6.45) is 1.55. The molecule has 0 unspecified atom stereocenters. The van der Waals surface area contributed by atoms with E-state index in [9.17, 15) is 10.1 Å². The van der Waals surface area contributed by atoms with Crippen LogP contribution in [0.3, 0.4) is 0 Å². The van der Waals surface area contributed by atoms with Crippen molar-refractivity contribution in [3.63, 3.8) is 0 Å². The predicted molar refractivity (Wildman–Crippen MR) is 87.3 cm³/mol. The highest BCUT2D eigenvalue weighted by atomic mass is 32.1. The molecule has 7 heteroatoms. The van der Waals surface area contributed by atoms with Crippen molar-refractivity contribution in [1.82, 2.24) is 9.97 Å². The third-order valence-electron chi connectivity index (χ3n) is 3.72. The zero-order chi connectivity index (χ0) is 15.7. The average molecular weight is 314 g/mol. The fourth-order valence-corrected chi connectivity index (χ4v) is 3.09. The van der Waals surface area contributed by atoms with Gasteiger partial charge in [0.15, 0.2) is 0 Å². The lowest BCUT2D eigenvalue weighted by Gasteiger charge is -2.26. The summed E-state index contributed by atoms with van der Waals surface area (Å²) in [5, 5.41) is 13.9. The molecule has 2 heterocycles. The number of anilines is 1. The first-order valence-corrected chi connectivity index (χ1v) is 7.61. The molecular weight excluding hydrogens is 300 g/mol. The zero-order valence-corrected chi connectivity index (χ0v) is 12.9. The maximum absolute atomic E-state index is 10.9. The minimum absolute atomic E-state index is 0.0436. The van der Waals surface area contributed by atoms with Gasteiger partial charge in [0.05, 0.1) is 16.4 Å². The third kappa shape index (κ3) is 2.50. The monoisotopic (exact) mass is 314 g/mol. The van der Waals surface area contributed by atoms with E-state index >= 15 is 0 Å². The number of fused-ring (bicyclic) bond motifs is 1. The molecule has 0 amide bonds. The lowest BCUT2D eigenvalue weighted by Crippen LogP contribution is -2.22. The SMILES string of the molecule is C[C@@H](c1cccc([N+](=O)[O-])c1)N(C)c1ncnc2sccc12. The van der Waals surface area contributed by atoms with Gasteiger partial charge in [0.1, 0.15) is 17.0 Å². The van der Waals surface area contributed by atoms with Gasteiger partial charge in [-0.3, -0.25) is 10.1 Å². The highest BCUT2D eigenvalue weighted by Crippen LogP contribution is 2.31.